The maximum absolute atomic E-state index is 12.7. The number of nitrogens with one attached hydrogen (secondary N) is 1. The molecule has 0 radical (unpaired) electrons. The number of hydrogen-bond acceptors (Lipinski definition) is 4. The van der Waals surface area contributed by atoms with Crippen molar-refractivity contribution in [1.82, 2.24) is 0 Å². The number of aromatic amines is 1. The highest BCUT2D eigenvalue weighted by Crippen LogP contribution is 2.20. The van der Waals surface area contributed by atoms with Crippen LogP contribution in [0.5, 0.6) is 0 Å². The Morgan fingerprint density at radius 1 is 0.958 bits per heavy atom. The molecule has 0 amide bonds. The van der Waals surface area contributed by atoms with Crippen LogP contribution in [0.4, 0.5) is 5.82 Å². The number of nitrogens with two attached hydrogens (primary N) is 1. The van der Waals surface area contributed by atoms with Gasteiger partial charge in [0.25, 0.3) is 11.5 Å². The van der Waals surface area contributed by atoms with Crippen molar-refractivity contribution in [3.8, 4) is 0 Å². The van der Waals surface area contributed by atoms with E-state index < -0.39 is 0 Å². The van der Waals surface area contributed by atoms with Crippen molar-refractivity contribution < 1.29 is 14.2 Å². The van der Waals surface area contributed by atoms with Gasteiger partial charge in [-0.1, -0.05) is 42.5 Å². The Kier molecular flexibility index (Phi) is 3.13. The molecule has 2 heterocycles. The number of aromatic nitrogens is 1. The zero-order valence-corrected chi connectivity index (χ0v) is 12.6. The normalized spacial score (nSPS) is 11.0. The second kappa shape index (κ2) is 5.31. The molecule has 0 fully saturated rings. The van der Waals surface area contributed by atoms with Crippen LogP contribution in [0.2, 0.25) is 0 Å². The minimum atomic E-state index is -0.251. The van der Waals surface area contributed by atoms with Crippen LogP contribution >= 0.6 is 0 Å². The first-order chi connectivity index (χ1) is 11.6. The molecule has 2 aromatic heterocycles. The van der Waals surface area contributed by atoms with Crippen molar-refractivity contribution in [3.05, 3.63) is 82.0 Å². The summed E-state index contributed by atoms with van der Waals surface area (Å²) < 4.78 is 5.70. The summed E-state index contributed by atoms with van der Waals surface area (Å²) in [5.41, 5.74) is 7.24. The van der Waals surface area contributed by atoms with Crippen LogP contribution in [0.3, 0.4) is 0 Å². The summed E-state index contributed by atoms with van der Waals surface area (Å²) in [6, 6.07) is 17.2. The third kappa shape index (κ3) is 2.14. The first-order valence-corrected chi connectivity index (χ1v) is 7.42. The lowest BCUT2D eigenvalue weighted by molar-refractivity contribution is -0.338. The van der Waals surface area contributed by atoms with Crippen molar-refractivity contribution in [2.45, 2.75) is 0 Å². The third-order valence-corrected chi connectivity index (χ3v) is 3.94. The van der Waals surface area contributed by atoms with E-state index in [0.29, 0.717) is 21.9 Å². The predicted octanol–water partition coefficient (Wildman–Crippen LogP) is 2.57. The fourth-order valence-electron chi connectivity index (χ4n) is 2.72. The van der Waals surface area contributed by atoms with Gasteiger partial charge in [0.05, 0.1) is 5.39 Å². The van der Waals surface area contributed by atoms with Crippen LogP contribution in [-0.4, -0.2) is 5.78 Å². The van der Waals surface area contributed by atoms with Crippen LogP contribution in [0.25, 0.3) is 22.1 Å². The molecular formula is C19H13N2O3+. The van der Waals surface area contributed by atoms with E-state index in [1.165, 1.54) is 6.07 Å². The summed E-state index contributed by atoms with van der Waals surface area (Å²) in [5.74, 6) is -0.0893. The van der Waals surface area contributed by atoms with Crippen molar-refractivity contribution in [2.24, 2.45) is 0 Å². The highest BCUT2D eigenvalue weighted by Gasteiger charge is 2.21. The minimum absolute atomic E-state index is 0.162. The Morgan fingerprint density at radius 2 is 1.67 bits per heavy atom. The van der Waals surface area contributed by atoms with E-state index in [4.69, 9.17) is 10.2 Å². The number of carbonyl (C=O) groups is 1. The number of hydrogen-bond donors (Lipinski definition) is 1. The van der Waals surface area contributed by atoms with E-state index in [1.54, 1.807) is 48.5 Å². The number of fused-ring (bicyclic) bond motifs is 2. The molecule has 2 aromatic carbocycles. The van der Waals surface area contributed by atoms with Crippen molar-refractivity contribution in [2.75, 3.05) is 5.73 Å². The number of para-hydroxylation sites is 1. The molecule has 0 aliphatic rings. The zero-order valence-electron chi connectivity index (χ0n) is 12.6. The number of H-pyrrole nitrogens is 1. The number of benzene rings is 2. The summed E-state index contributed by atoms with van der Waals surface area (Å²) in [6.07, 6.45) is 0. The largest absolute Gasteiger partial charge is 0.422 e. The summed E-state index contributed by atoms with van der Waals surface area (Å²) in [4.78, 5) is 28.2. The van der Waals surface area contributed by atoms with E-state index in [9.17, 15) is 9.59 Å². The molecule has 0 saturated heterocycles. The van der Waals surface area contributed by atoms with Gasteiger partial charge >= 0.3 is 0 Å². The van der Waals surface area contributed by atoms with Crippen molar-refractivity contribution in [3.63, 3.8) is 0 Å². The van der Waals surface area contributed by atoms with Crippen LogP contribution in [0.1, 0.15) is 15.9 Å². The molecule has 0 aliphatic carbocycles. The Morgan fingerprint density at radius 3 is 2.46 bits per heavy atom. The fraction of sp³-hybridized carbons (Fsp3) is 0. The van der Waals surface area contributed by atoms with Gasteiger partial charge in [-0.25, -0.2) is 4.98 Å². The van der Waals surface area contributed by atoms with Crippen LogP contribution < -0.4 is 16.1 Å². The Hall–Kier alpha value is -3.47. The molecule has 116 valence electrons. The molecule has 4 aromatic rings. The summed E-state index contributed by atoms with van der Waals surface area (Å²) >= 11 is 0. The number of rotatable bonds is 2. The molecule has 3 N–H and O–H groups in total. The molecule has 5 nitrogen and oxygen atoms in total. The zero-order chi connectivity index (χ0) is 16.7. The molecule has 0 unspecified atom stereocenters. The van der Waals surface area contributed by atoms with Gasteiger partial charge in [0, 0.05) is 5.56 Å². The number of carbonyl (C=O) groups excluding carboxylic acids is 1. The minimum Gasteiger partial charge on any atom is -0.422 e. The number of pyridine rings is 1. The second-order valence-electron chi connectivity index (χ2n) is 5.46. The topological polar surface area (TPSA) is 87.4 Å². The lowest BCUT2D eigenvalue weighted by atomic mass is 10.0. The average Bonchev–Trinajstić information content (AvgIpc) is 2.62. The highest BCUT2D eigenvalue weighted by molar-refractivity contribution is 6.12. The molecule has 5 heteroatoms. The number of anilines is 1. The molecule has 24 heavy (non-hydrogen) atoms. The quantitative estimate of drug-likeness (QED) is 0.454. The molecule has 0 bridgehead atoms. The summed E-state index contributed by atoms with van der Waals surface area (Å²) in [7, 11) is 0. The fourth-order valence-corrected chi connectivity index (χ4v) is 2.72. The average molecular weight is 317 g/mol. The summed E-state index contributed by atoms with van der Waals surface area (Å²) in [5, 5.41) is 0.753. The van der Waals surface area contributed by atoms with Gasteiger partial charge in [-0.2, -0.15) is 0 Å². The van der Waals surface area contributed by atoms with Gasteiger partial charge in [-0.15, -0.1) is 0 Å². The van der Waals surface area contributed by atoms with E-state index in [0.717, 1.165) is 0 Å². The van der Waals surface area contributed by atoms with Crippen LogP contribution in [-0.2, 0) is 0 Å². The Bertz CT molecular complexity index is 1150. The predicted molar refractivity (Wildman–Crippen MR) is 90.8 cm³/mol. The van der Waals surface area contributed by atoms with Gasteiger partial charge in [0.15, 0.2) is 0 Å². The lowest BCUT2D eigenvalue weighted by Crippen LogP contribution is -2.20. The van der Waals surface area contributed by atoms with E-state index in [2.05, 4.69) is 4.98 Å². The maximum atomic E-state index is 12.7. The molecule has 0 atom stereocenters. The van der Waals surface area contributed by atoms with Crippen molar-refractivity contribution >= 4 is 33.7 Å². The van der Waals surface area contributed by atoms with E-state index in [-0.39, 0.29) is 28.3 Å². The maximum Gasteiger partial charge on any atom is 0.299 e. The van der Waals surface area contributed by atoms with Gasteiger partial charge in [0.1, 0.15) is 16.5 Å². The molecule has 0 saturated carbocycles. The lowest BCUT2D eigenvalue weighted by Gasteiger charge is -2.04. The van der Waals surface area contributed by atoms with E-state index >= 15 is 0 Å². The summed E-state index contributed by atoms with van der Waals surface area (Å²) in [6.45, 7) is 0. The highest BCUT2D eigenvalue weighted by atomic mass is 16.3. The number of nitrogen functional groups attached to an aromatic ring is 1. The third-order valence-electron chi connectivity index (χ3n) is 3.94. The van der Waals surface area contributed by atoms with Crippen LogP contribution in [0.15, 0.2) is 69.9 Å². The number of ketones is 1. The van der Waals surface area contributed by atoms with Gasteiger partial charge < -0.3 is 4.42 Å². The smallest absolute Gasteiger partial charge is 0.299 e. The second-order valence-corrected chi connectivity index (χ2v) is 5.46. The van der Waals surface area contributed by atoms with E-state index in [1.807, 2.05) is 6.07 Å². The van der Waals surface area contributed by atoms with Crippen LogP contribution in [0, 0.1) is 0 Å². The first kappa shape index (κ1) is 14.1. The SMILES string of the molecule is Nc1[nH+]c2oc3ccccc3c(=O)c2cc1C(=O)c1ccccc1. The molecule has 0 spiro atoms. The Labute approximate surface area is 136 Å². The van der Waals surface area contributed by atoms with Gasteiger partial charge in [0.2, 0.25) is 11.2 Å². The Balaban J connectivity index is 2.00. The standard InChI is InChI=1S/C19H12N2O3/c20-18-13(16(22)11-6-2-1-3-7-11)10-14-17(23)12-8-4-5-9-15(12)24-19(14)21-18/h1-10H,(H2,20,21)/p+1. The molecule has 0 aliphatic heterocycles. The van der Waals surface area contributed by atoms with Gasteiger partial charge in [-0.3, -0.25) is 15.3 Å². The first-order valence-electron chi connectivity index (χ1n) is 7.42. The molecule has 4 rings (SSSR count). The van der Waals surface area contributed by atoms with Gasteiger partial charge in [-0.05, 0) is 18.2 Å². The molecular weight excluding hydrogens is 304 g/mol. The van der Waals surface area contributed by atoms with Crippen molar-refractivity contribution in [1.29, 1.82) is 0 Å². The monoisotopic (exact) mass is 317 g/mol.